The van der Waals surface area contributed by atoms with Gasteiger partial charge in [-0.15, -0.1) is 0 Å². The summed E-state index contributed by atoms with van der Waals surface area (Å²) >= 11 is 0. The fourth-order valence-electron chi connectivity index (χ4n) is 4.20. The molecule has 0 amide bonds. The van der Waals surface area contributed by atoms with Crippen molar-refractivity contribution < 1.29 is 4.74 Å². The molecule has 0 aliphatic rings. The van der Waals surface area contributed by atoms with Crippen LogP contribution in [0.3, 0.4) is 0 Å². The summed E-state index contributed by atoms with van der Waals surface area (Å²) < 4.78 is 4.83. The molecule has 0 spiro atoms. The van der Waals surface area contributed by atoms with Crippen molar-refractivity contribution in [2.24, 2.45) is 0 Å². The average molecular weight is 764 g/mol. The molecule has 0 aromatic rings. The van der Waals surface area contributed by atoms with Crippen molar-refractivity contribution in [3.8, 4) is 0 Å². The number of hydrogen-bond acceptors (Lipinski definition) is 1. The van der Waals surface area contributed by atoms with Gasteiger partial charge in [-0.1, -0.05) is 316 Å². The summed E-state index contributed by atoms with van der Waals surface area (Å²) in [6.45, 7) is 41.4. The Morgan fingerprint density at radius 3 is 0.245 bits per heavy atom. The molecule has 0 heterocycles. The van der Waals surface area contributed by atoms with Crippen LogP contribution in [0.2, 0.25) is 0 Å². The van der Waals surface area contributed by atoms with Gasteiger partial charge >= 0.3 is 0 Å². The standard InChI is InChI=1S/8C6H14.C4H10O/c8*1-3-5-6-4-2;1-3-5-4-2/h8*3-6H2,1-2H3;3-4H2,1-2H3. The molecule has 0 fully saturated rings. The maximum absolute atomic E-state index is 4.83. The predicted octanol–water partition coefficient (Wildman–Crippen LogP) is 21.7. The molecule has 0 aliphatic carbocycles. The van der Waals surface area contributed by atoms with Gasteiger partial charge in [0.15, 0.2) is 0 Å². The first-order valence-corrected chi connectivity index (χ1v) is 25.3. The number of unbranched alkanes of at least 4 members (excludes halogenated alkanes) is 24. The van der Waals surface area contributed by atoms with Gasteiger partial charge in [0, 0.05) is 13.2 Å². The maximum atomic E-state index is 4.83. The van der Waals surface area contributed by atoms with E-state index >= 15 is 0 Å². The molecular formula is C52H122O. The van der Waals surface area contributed by atoms with Crippen molar-refractivity contribution >= 4 is 0 Å². The van der Waals surface area contributed by atoms with Crippen LogP contribution in [0.1, 0.15) is 330 Å². The zero-order valence-electron chi connectivity index (χ0n) is 42.4. The normalized spacial score (nSPS) is 8.94. The molecule has 0 radical (unpaired) electrons. The molecule has 0 aromatic heterocycles. The summed E-state index contributed by atoms with van der Waals surface area (Å²) in [5.41, 5.74) is 0. The van der Waals surface area contributed by atoms with Crippen LogP contribution in [-0.4, -0.2) is 13.2 Å². The summed E-state index contributed by atoms with van der Waals surface area (Å²) in [6.07, 6.45) is 44.3. The minimum atomic E-state index is 0.844. The third-order valence-electron chi connectivity index (χ3n) is 8.07. The first kappa shape index (κ1) is 74.0. The first-order chi connectivity index (χ1) is 25.7. The van der Waals surface area contributed by atoms with E-state index in [1.165, 1.54) is 205 Å². The molecule has 0 atom stereocenters. The zero-order chi connectivity index (χ0) is 42.7. The molecule has 0 unspecified atom stereocenters. The number of rotatable bonds is 26. The molecule has 336 valence electrons. The molecule has 1 nitrogen and oxygen atoms in total. The summed E-state index contributed by atoms with van der Waals surface area (Å²) in [7, 11) is 0. The van der Waals surface area contributed by atoms with Crippen LogP contribution >= 0.6 is 0 Å². The van der Waals surface area contributed by atoms with E-state index in [1.807, 2.05) is 13.8 Å². The predicted molar refractivity (Wildman–Crippen MR) is 261 cm³/mol. The molecule has 1 heteroatoms. The lowest BCUT2D eigenvalue weighted by atomic mass is 10.2. The Kier molecular flexibility index (Phi) is 154. The summed E-state index contributed by atoms with van der Waals surface area (Å²) in [6, 6.07) is 0. The molecule has 0 saturated heterocycles. The van der Waals surface area contributed by atoms with Crippen molar-refractivity contribution in [3.05, 3.63) is 0 Å². The van der Waals surface area contributed by atoms with Gasteiger partial charge in [-0.25, -0.2) is 0 Å². The Balaban J connectivity index is -0.0000000587. The first-order valence-electron chi connectivity index (χ1n) is 25.3. The second kappa shape index (κ2) is 110. The molecular weight excluding hydrogens is 641 g/mol. The summed E-state index contributed by atoms with van der Waals surface area (Å²) in [5, 5.41) is 0. The average Bonchev–Trinajstić information content (AvgIpc) is 3.19. The Labute approximate surface area is 347 Å². The van der Waals surface area contributed by atoms with Crippen LogP contribution in [0.15, 0.2) is 0 Å². The lowest BCUT2D eigenvalue weighted by molar-refractivity contribution is 0.162. The van der Waals surface area contributed by atoms with Crippen molar-refractivity contribution in [1.82, 2.24) is 0 Å². The third kappa shape index (κ3) is 192. The molecule has 0 aliphatic heterocycles. The van der Waals surface area contributed by atoms with Crippen LogP contribution in [-0.2, 0) is 4.74 Å². The third-order valence-corrected chi connectivity index (χ3v) is 8.07. The SMILES string of the molecule is CCCCCC.CCCCCC.CCCCCC.CCCCCC.CCCCCC.CCCCCC.CCCCCC.CCCCCC.CCOCC. The van der Waals surface area contributed by atoms with Gasteiger partial charge < -0.3 is 4.74 Å². The highest BCUT2D eigenvalue weighted by Gasteiger charge is 1.79. The van der Waals surface area contributed by atoms with Crippen LogP contribution in [0, 0.1) is 0 Å². The molecule has 0 bridgehead atoms. The number of ether oxygens (including phenoxy) is 1. The van der Waals surface area contributed by atoms with Crippen LogP contribution in [0.4, 0.5) is 0 Å². The van der Waals surface area contributed by atoms with E-state index in [0.29, 0.717) is 0 Å². The minimum absolute atomic E-state index is 0.844. The van der Waals surface area contributed by atoms with Gasteiger partial charge in [-0.05, 0) is 13.8 Å². The monoisotopic (exact) mass is 763 g/mol. The Hall–Kier alpha value is -0.0400. The highest BCUT2D eigenvalue weighted by atomic mass is 16.5. The summed E-state index contributed by atoms with van der Waals surface area (Å²) in [4.78, 5) is 0. The van der Waals surface area contributed by atoms with E-state index in [1.54, 1.807) is 0 Å². The van der Waals surface area contributed by atoms with Crippen LogP contribution in [0.5, 0.6) is 0 Å². The maximum Gasteiger partial charge on any atom is 0.0437 e. The largest absolute Gasteiger partial charge is 0.382 e. The van der Waals surface area contributed by atoms with Gasteiger partial charge in [0.1, 0.15) is 0 Å². The second-order valence-electron chi connectivity index (χ2n) is 14.4. The van der Waals surface area contributed by atoms with E-state index < -0.39 is 0 Å². The molecule has 53 heavy (non-hydrogen) atoms. The van der Waals surface area contributed by atoms with Crippen molar-refractivity contribution in [2.75, 3.05) is 13.2 Å². The molecule has 0 saturated carbocycles. The Morgan fingerprint density at radius 2 is 0.226 bits per heavy atom. The fourth-order valence-corrected chi connectivity index (χ4v) is 4.20. The van der Waals surface area contributed by atoms with Gasteiger partial charge in [-0.2, -0.15) is 0 Å². The lowest BCUT2D eigenvalue weighted by Gasteiger charge is -1.86. The fraction of sp³-hybridized carbons (Fsp3) is 1.00. The van der Waals surface area contributed by atoms with Gasteiger partial charge in [-0.3, -0.25) is 0 Å². The number of hydrogen-bond donors (Lipinski definition) is 0. The molecule has 0 N–H and O–H groups in total. The van der Waals surface area contributed by atoms with E-state index in [9.17, 15) is 0 Å². The molecule has 0 aromatic carbocycles. The topological polar surface area (TPSA) is 9.23 Å². The van der Waals surface area contributed by atoms with E-state index in [-0.39, 0.29) is 0 Å². The van der Waals surface area contributed by atoms with Crippen molar-refractivity contribution in [1.29, 1.82) is 0 Å². The second-order valence-corrected chi connectivity index (χ2v) is 14.4. The van der Waals surface area contributed by atoms with E-state index in [0.717, 1.165) is 13.2 Å². The van der Waals surface area contributed by atoms with Crippen molar-refractivity contribution in [3.63, 3.8) is 0 Å². The quantitative estimate of drug-likeness (QED) is 0.0798. The summed E-state index contributed by atoms with van der Waals surface area (Å²) in [5.74, 6) is 0. The van der Waals surface area contributed by atoms with E-state index in [2.05, 4.69) is 111 Å². The highest BCUT2D eigenvalue weighted by molar-refractivity contribution is 4.35. The zero-order valence-corrected chi connectivity index (χ0v) is 42.4. The van der Waals surface area contributed by atoms with Gasteiger partial charge in [0.05, 0.1) is 0 Å². The smallest absolute Gasteiger partial charge is 0.0437 e. The van der Waals surface area contributed by atoms with Crippen LogP contribution in [0.25, 0.3) is 0 Å². The van der Waals surface area contributed by atoms with Gasteiger partial charge in [0.2, 0.25) is 0 Å². The molecule has 0 rings (SSSR count). The van der Waals surface area contributed by atoms with Gasteiger partial charge in [0.25, 0.3) is 0 Å². The minimum Gasteiger partial charge on any atom is -0.382 e. The Morgan fingerprint density at radius 1 is 0.151 bits per heavy atom. The lowest BCUT2D eigenvalue weighted by Crippen LogP contribution is -1.84. The van der Waals surface area contributed by atoms with E-state index in [4.69, 9.17) is 4.74 Å². The Bertz CT molecular complexity index is 236. The van der Waals surface area contributed by atoms with Crippen molar-refractivity contribution in [2.45, 2.75) is 330 Å². The van der Waals surface area contributed by atoms with Crippen LogP contribution < -0.4 is 0 Å². The highest BCUT2D eigenvalue weighted by Crippen LogP contribution is 1.99.